The van der Waals surface area contributed by atoms with Crippen LogP contribution < -0.4 is 15.4 Å². The second-order valence-electron chi connectivity index (χ2n) is 8.80. The minimum absolute atomic E-state index is 0.611. The summed E-state index contributed by atoms with van der Waals surface area (Å²) in [5.41, 5.74) is 2.75. The van der Waals surface area contributed by atoms with Gasteiger partial charge in [-0.2, -0.15) is 0 Å². The highest BCUT2D eigenvalue weighted by Crippen LogP contribution is 2.19. The van der Waals surface area contributed by atoms with Gasteiger partial charge in [-0.3, -0.25) is 4.90 Å². The van der Waals surface area contributed by atoms with Crippen molar-refractivity contribution in [3.63, 3.8) is 0 Å². The van der Waals surface area contributed by atoms with Gasteiger partial charge >= 0.3 is 0 Å². The van der Waals surface area contributed by atoms with E-state index in [1.165, 1.54) is 25.7 Å². The Labute approximate surface area is 194 Å². The number of hydrogen-bond donors (Lipinski definition) is 2. The van der Waals surface area contributed by atoms with Crippen LogP contribution in [0.4, 0.5) is 0 Å². The topological polar surface area (TPSA) is 58.1 Å². The molecule has 0 aromatic heterocycles. The predicted octanol–water partition coefficient (Wildman–Crippen LogP) is 4.12. The molecule has 2 aliphatic rings. The van der Waals surface area contributed by atoms with Gasteiger partial charge < -0.3 is 20.1 Å². The van der Waals surface area contributed by atoms with Gasteiger partial charge in [0.2, 0.25) is 0 Å². The number of nitrogens with zero attached hydrogens (tertiary/aromatic N) is 2. The Morgan fingerprint density at radius 3 is 2.88 bits per heavy atom. The van der Waals surface area contributed by atoms with Gasteiger partial charge in [0.15, 0.2) is 5.96 Å². The van der Waals surface area contributed by atoms with E-state index in [1.807, 2.05) is 6.07 Å². The van der Waals surface area contributed by atoms with Crippen LogP contribution in [0, 0.1) is 0 Å². The van der Waals surface area contributed by atoms with Crippen molar-refractivity contribution in [2.75, 3.05) is 46.5 Å². The first-order valence-corrected chi connectivity index (χ1v) is 12.4. The van der Waals surface area contributed by atoms with Gasteiger partial charge in [0, 0.05) is 38.9 Å². The molecule has 178 valence electrons. The number of allylic oxidation sites excluding steroid dienone is 1. The first-order chi connectivity index (χ1) is 15.7. The SMILES string of the molecule is CCNC(=NCc1cccc(OCCN(C)C2CCOCC2)c1)NCCC1=CCCCC1. The number of hydrogen-bond acceptors (Lipinski definition) is 4. The Morgan fingerprint density at radius 2 is 2.09 bits per heavy atom. The van der Waals surface area contributed by atoms with Crippen LogP contribution in [0.25, 0.3) is 0 Å². The summed E-state index contributed by atoms with van der Waals surface area (Å²) in [4.78, 5) is 7.17. The lowest BCUT2D eigenvalue weighted by molar-refractivity contribution is 0.0392. The summed E-state index contributed by atoms with van der Waals surface area (Å²) in [6.45, 7) is 7.91. The zero-order chi connectivity index (χ0) is 22.4. The predicted molar refractivity (Wildman–Crippen MR) is 132 cm³/mol. The maximum absolute atomic E-state index is 6.04. The van der Waals surface area contributed by atoms with Crippen LogP contribution in [0.3, 0.4) is 0 Å². The van der Waals surface area contributed by atoms with E-state index >= 15 is 0 Å². The van der Waals surface area contributed by atoms with Crippen molar-refractivity contribution in [3.8, 4) is 5.75 Å². The average molecular weight is 443 g/mol. The van der Waals surface area contributed by atoms with Gasteiger partial charge in [-0.15, -0.1) is 0 Å². The highest BCUT2D eigenvalue weighted by molar-refractivity contribution is 5.79. The standard InChI is InChI=1S/C26H42N4O2/c1-3-27-26(28-15-12-22-8-5-4-6-9-22)29-21-23-10-7-11-25(20-23)32-19-16-30(2)24-13-17-31-18-14-24/h7-8,10-11,20,24H,3-6,9,12-19,21H2,1-2H3,(H2,27,28,29). The Morgan fingerprint density at radius 1 is 1.22 bits per heavy atom. The lowest BCUT2D eigenvalue weighted by atomic mass is 9.97. The molecule has 0 unspecified atom stereocenters. The van der Waals surface area contributed by atoms with Gasteiger partial charge in [-0.05, 0) is 76.6 Å². The smallest absolute Gasteiger partial charge is 0.191 e. The fraction of sp³-hybridized carbons (Fsp3) is 0.654. The van der Waals surface area contributed by atoms with E-state index in [4.69, 9.17) is 14.5 Å². The van der Waals surface area contributed by atoms with E-state index in [9.17, 15) is 0 Å². The van der Waals surface area contributed by atoms with Crippen LogP contribution in [-0.4, -0.2) is 63.4 Å². The summed E-state index contributed by atoms with van der Waals surface area (Å²) in [7, 11) is 2.19. The van der Waals surface area contributed by atoms with E-state index in [0.29, 0.717) is 19.2 Å². The highest BCUT2D eigenvalue weighted by Gasteiger charge is 2.18. The molecule has 0 atom stereocenters. The molecule has 6 nitrogen and oxygen atoms in total. The molecular weight excluding hydrogens is 400 g/mol. The fourth-order valence-electron chi connectivity index (χ4n) is 4.33. The van der Waals surface area contributed by atoms with Crippen molar-refractivity contribution < 1.29 is 9.47 Å². The number of guanidine groups is 1. The molecule has 32 heavy (non-hydrogen) atoms. The third-order valence-electron chi connectivity index (χ3n) is 6.31. The van der Waals surface area contributed by atoms with E-state index in [0.717, 1.165) is 69.4 Å². The highest BCUT2D eigenvalue weighted by atomic mass is 16.5. The van der Waals surface area contributed by atoms with Crippen LogP contribution in [0.5, 0.6) is 5.75 Å². The first kappa shape index (κ1) is 24.6. The van der Waals surface area contributed by atoms with Crippen molar-refractivity contribution in [2.24, 2.45) is 4.99 Å². The summed E-state index contributed by atoms with van der Waals surface area (Å²) in [6.07, 6.45) is 10.9. The molecule has 0 amide bonds. The van der Waals surface area contributed by atoms with Crippen LogP contribution in [0.2, 0.25) is 0 Å². The maximum Gasteiger partial charge on any atom is 0.191 e. The summed E-state index contributed by atoms with van der Waals surface area (Å²) in [5, 5.41) is 6.84. The van der Waals surface area contributed by atoms with E-state index in [1.54, 1.807) is 5.57 Å². The second kappa shape index (κ2) is 14.2. The Bertz CT molecular complexity index is 728. The number of ether oxygens (including phenoxy) is 2. The largest absolute Gasteiger partial charge is 0.492 e. The number of likely N-dealkylation sites (N-methyl/N-ethyl adjacent to an activating group) is 1. The Kier molecular flexibility index (Phi) is 10.9. The molecule has 1 aliphatic heterocycles. The quantitative estimate of drug-likeness (QED) is 0.307. The fourth-order valence-corrected chi connectivity index (χ4v) is 4.33. The maximum atomic E-state index is 6.04. The van der Waals surface area contributed by atoms with Gasteiger partial charge in [0.05, 0.1) is 6.54 Å². The van der Waals surface area contributed by atoms with Crippen LogP contribution >= 0.6 is 0 Å². The second-order valence-corrected chi connectivity index (χ2v) is 8.80. The van der Waals surface area contributed by atoms with Crippen molar-refractivity contribution >= 4 is 5.96 Å². The van der Waals surface area contributed by atoms with Crippen molar-refractivity contribution in [1.29, 1.82) is 0 Å². The number of nitrogens with one attached hydrogen (secondary N) is 2. The van der Waals surface area contributed by atoms with Crippen molar-refractivity contribution in [2.45, 2.75) is 64.5 Å². The van der Waals surface area contributed by atoms with Gasteiger partial charge in [-0.25, -0.2) is 4.99 Å². The van der Waals surface area contributed by atoms with Crippen molar-refractivity contribution in [3.05, 3.63) is 41.5 Å². The Balaban J connectivity index is 1.42. The minimum Gasteiger partial charge on any atom is -0.492 e. The van der Waals surface area contributed by atoms with E-state index in [2.05, 4.69) is 53.8 Å². The molecule has 0 bridgehead atoms. The molecule has 0 saturated carbocycles. The molecule has 2 N–H and O–H groups in total. The monoisotopic (exact) mass is 442 g/mol. The molecule has 3 rings (SSSR count). The Hall–Kier alpha value is -2.05. The molecule has 1 fully saturated rings. The molecule has 1 aromatic rings. The molecule has 1 aliphatic carbocycles. The minimum atomic E-state index is 0.611. The molecular formula is C26H42N4O2. The summed E-state index contributed by atoms with van der Waals surface area (Å²) in [6, 6.07) is 8.91. The van der Waals surface area contributed by atoms with Crippen LogP contribution in [-0.2, 0) is 11.3 Å². The first-order valence-electron chi connectivity index (χ1n) is 12.4. The third kappa shape index (κ3) is 8.83. The normalized spacial score (nSPS) is 17.8. The molecule has 1 saturated heterocycles. The summed E-state index contributed by atoms with van der Waals surface area (Å²) in [5.74, 6) is 1.80. The van der Waals surface area contributed by atoms with Gasteiger partial charge in [0.25, 0.3) is 0 Å². The van der Waals surface area contributed by atoms with Gasteiger partial charge in [-0.1, -0.05) is 23.8 Å². The third-order valence-corrected chi connectivity index (χ3v) is 6.31. The molecule has 1 aromatic carbocycles. The lowest BCUT2D eigenvalue weighted by Crippen LogP contribution is -2.38. The van der Waals surface area contributed by atoms with Crippen LogP contribution in [0.1, 0.15) is 57.4 Å². The zero-order valence-electron chi connectivity index (χ0n) is 20.1. The van der Waals surface area contributed by atoms with Gasteiger partial charge in [0.1, 0.15) is 12.4 Å². The molecule has 6 heteroatoms. The number of rotatable bonds is 11. The number of benzene rings is 1. The van der Waals surface area contributed by atoms with E-state index in [-0.39, 0.29) is 0 Å². The van der Waals surface area contributed by atoms with E-state index < -0.39 is 0 Å². The summed E-state index contributed by atoms with van der Waals surface area (Å²) >= 11 is 0. The average Bonchev–Trinajstić information content (AvgIpc) is 2.84. The molecule has 0 radical (unpaired) electrons. The lowest BCUT2D eigenvalue weighted by Gasteiger charge is -2.31. The molecule has 0 spiro atoms. The molecule has 1 heterocycles. The van der Waals surface area contributed by atoms with Crippen LogP contribution in [0.15, 0.2) is 40.9 Å². The van der Waals surface area contributed by atoms with Crippen molar-refractivity contribution in [1.82, 2.24) is 15.5 Å². The number of aliphatic imine (C=N–C) groups is 1. The zero-order valence-corrected chi connectivity index (χ0v) is 20.1. The summed E-state index contributed by atoms with van der Waals surface area (Å²) < 4.78 is 11.5.